The van der Waals surface area contributed by atoms with Gasteiger partial charge >= 0.3 is 0 Å². The van der Waals surface area contributed by atoms with Crippen molar-refractivity contribution in [2.24, 2.45) is 7.05 Å². The molecule has 1 aliphatic heterocycles. The van der Waals surface area contributed by atoms with E-state index in [4.69, 9.17) is 4.74 Å². The average molecular weight is 237 g/mol. The number of imidazole rings is 1. The minimum atomic E-state index is 0.106. The quantitative estimate of drug-likeness (QED) is 0.851. The van der Waals surface area contributed by atoms with Crippen LogP contribution in [0.2, 0.25) is 0 Å². The van der Waals surface area contributed by atoms with Crippen LogP contribution in [0.3, 0.4) is 0 Å². The van der Waals surface area contributed by atoms with Crippen LogP contribution in [0.5, 0.6) is 0 Å². The summed E-state index contributed by atoms with van der Waals surface area (Å²) < 4.78 is 7.87. The van der Waals surface area contributed by atoms with E-state index in [1.165, 1.54) is 12.8 Å². The van der Waals surface area contributed by atoms with E-state index in [1.54, 1.807) is 0 Å². The molecule has 1 saturated heterocycles. The number of nitrogens with one attached hydrogen (secondary N) is 1. The van der Waals surface area contributed by atoms with Crippen molar-refractivity contribution in [3.8, 4) is 0 Å². The molecule has 0 bridgehead atoms. The maximum Gasteiger partial charge on any atom is 0.139 e. The highest BCUT2D eigenvalue weighted by Gasteiger charge is 2.32. The maximum atomic E-state index is 5.82. The molecule has 1 aromatic heterocycles. The number of rotatable bonds is 5. The number of ether oxygens (including phenoxy) is 1. The Bertz CT molecular complexity index is 350. The second-order valence-electron chi connectivity index (χ2n) is 4.94. The van der Waals surface area contributed by atoms with Crippen molar-refractivity contribution in [1.29, 1.82) is 0 Å². The van der Waals surface area contributed by atoms with E-state index in [0.717, 1.165) is 18.9 Å². The van der Waals surface area contributed by atoms with Gasteiger partial charge in [0.15, 0.2) is 0 Å². The molecule has 17 heavy (non-hydrogen) atoms. The van der Waals surface area contributed by atoms with Crippen LogP contribution in [-0.4, -0.2) is 28.2 Å². The van der Waals surface area contributed by atoms with E-state index in [-0.39, 0.29) is 6.10 Å². The van der Waals surface area contributed by atoms with Crippen molar-refractivity contribution in [3.05, 3.63) is 18.2 Å². The van der Waals surface area contributed by atoms with E-state index in [0.29, 0.717) is 12.1 Å². The van der Waals surface area contributed by atoms with Crippen molar-refractivity contribution in [2.75, 3.05) is 6.61 Å². The van der Waals surface area contributed by atoms with Gasteiger partial charge in [-0.05, 0) is 19.8 Å². The van der Waals surface area contributed by atoms with Crippen molar-refractivity contribution < 1.29 is 4.74 Å². The highest BCUT2D eigenvalue weighted by molar-refractivity contribution is 5.03. The molecule has 1 N–H and O–H groups in total. The molecule has 0 unspecified atom stereocenters. The third-order valence-corrected chi connectivity index (χ3v) is 3.42. The fourth-order valence-corrected chi connectivity index (χ4v) is 2.55. The Labute approximate surface area is 103 Å². The number of aryl methyl sites for hydroxylation is 1. The zero-order valence-electron chi connectivity index (χ0n) is 11.0. The smallest absolute Gasteiger partial charge is 0.139 e. The van der Waals surface area contributed by atoms with Gasteiger partial charge in [0.05, 0.1) is 0 Å². The third kappa shape index (κ3) is 2.87. The number of aromatic nitrogens is 2. The normalized spacial score (nSPS) is 26.3. The molecular weight excluding hydrogens is 214 g/mol. The van der Waals surface area contributed by atoms with Crippen LogP contribution in [0.1, 0.15) is 45.0 Å². The molecule has 1 aliphatic rings. The molecule has 4 heteroatoms. The lowest BCUT2D eigenvalue weighted by Crippen LogP contribution is -2.38. The summed E-state index contributed by atoms with van der Waals surface area (Å²) >= 11 is 0. The lowest BCUT2D eigenvalue weighted by molar-refractivity contribution is 0.0874. The molecule has 1 fully saturated rings. The van der Waals surface area contributed by atoms with Crippen LogP contribution in [0.15, 0.2) is 12.4 Å². The first-order valence-corrected chi connectivity index (χ1v) is 6.57. The standard InChI is InChI=1S/C13H23N3O/c1-4-5-10(2)15-11-6-9-17-12(11)13-14-7-8-16(13)3/h7-8,10-12,15H,4-6,9H2,1-3H3/t10-,11+,12+/m1/s1. The van der Waals surface area contributed by atoms with Gasteiger partial charge in [-0.25, -0.2) is 4.98 Å². The van der Waals surface area contributed by atoms with Crippen LogP contribution in [0, 0.1) is 0 Å². The lowest BCUT2D eigenvalue weighted by atomic mass is 10.1. The van der Waals surface area contributed by atoms with Gasteiger partial charge in [0, 0.05) is 38.1 Å². The minimum absolute atomic E-state index is 0.106. The maximum absolute atomic E-state index is 5.82. The predicted octanol–water partition coefficient (Wildman–Crippen LogP) is 2.03. The summed E-state index contributed by atoms with van der Waals surface area (Å²) in [6, 6.07) is 0.951. The van der Waals surface area contributed by atoms with E-state index >= 15 is 0 Å². The minimum Gasteiger partial charge on any atom is -0.369 e. The monoisotopic (exact) mass is 237 g/mol. The van der Waals surface area contributed by atoms with Crippen molar-refractivity contribution in [3.63, 3.8) is 0 Å². The molecule has 0 amide bonds. The molecule has 96 valence electrons. The van der Waals surface area contributed by atoms with Gasteiger partial charge in [0.2, 0.25) is 0 Å². The summed E-state index contributed by atoms with van der Waals surface area (Å²) in [5, 5.41) is 3.67. The van der Waals surface area contributed by atoms with Crippen LogP contribution >= 0.6 is 0 Å². The highest BCUT2D eigenvalue weighted by atomic mass is 16.5. The molecular formula is C13H23N3O. The fourth-order valence-electron chi connectivity index (χ4n) is 2.55. The van der Waals surface area contributed by atoms with Gasteiger partial charge in [-0.15, -0.1) is 0 Å². The van der Waals surface area contributed by atoms with Gasteiger partial charge in [-0.1, -0.05) is 13.3 Å². The van der Waals surface area contributed by atoms with Gasteiger partial charge in [-0.2, -0.15) is 0 Å². The highest BCUT2D eigenvalue weighted by Crippen LogP contribution is 2.28. The predicted molar refractivity (Wildman–Crippen MR) is 67.8 cm³/mol. The molecule has 2 rings (SSSR count). The Kier molecular flexibility index (Phi) is 4.18. The lowest BCUT2D eigenvalue weighted by Gasteiger charge is -2.23. The molecule has 0 radical (unpaired) electrons. The zero-order chi connectivity index (χ0) is 12.3. The first-order valence-electron chi connectivity index (χ1n) is 6.57. The zero-order valence-corrected chi connectivity index (χ0v) is 11.0. The molecule has 0 saturated carbocycles. The van der Waals surface area contributed by atoms with Gasteiger partial charge in [0.25, 0.3) is 0 Å². The Morgan fingerprint density at radius 3 is 3.12 bits per heavy atom. The largest absolute Gasteiger partial charge is 0.369 e. The van der Waals surface area contributed by atoms with Crippen LogP contribution in [-0.2, 0) is 11.8 Å². The summed E-state index contributed by atoms with van der Waals surface area (Å²) in [6.07, 6.45) is 7.42. The molecule has 1 aromatic rings. The average Bonchev–Trinajstić information content (AvgIpc) is 2.87. The summed E-state index contributed by atoms with van der Waals surface area (Å²) in [5.41, 5.74) is 0. The summed E-state index contributed by atoms with van der Waals surface area (Å²) in [7, 11) is 2.02. The molecule has 4 nitrogen and oxygen atoms in total. The first-order chi connectivity index (χ1) is 8.22. The number of hydrogen-bond acceptors (Lipinski definition) is 3. The topological polar surface area (TPSA) is 39.1 Å². The molecule has 0 aromatic carbocycles. The second-order valence-corrected chi connectivity index (χ2v) is 4.94. The van der Waals surface area contributed by atoms with Gasteiger partial charge in [0.1, 0.15) is 11.9 Å². The molecule has 0 aliphatic carbocycles. The van der Waals surface area contributed by atoms with Crippen molar-refractivity contribution >= 4 is 0 Å². The summed E-state index contributed by atoms with van der Waals surface area (Å²) in [6.45, 7) is 5.30. The van der Waals surface area contributed by atoms with E-state index in [2.05, 4.69) is 28.7 Å². The van der Waals surface area contributed by atoms with Gasteiger partial charge < -0.3 is 14.6 Å². The fraction of sp³-hybridized carbons (Fsp3) is 0.769. The Morgan fingerprint density at radius 2 is 2.47 bits per heavy atom. The molecule has 0 spiro atoms. The van der Waals surface area contributed by atoms with E-state index in [9.17, 15) is 0 Å². The SMILES string of the molecule is CCC[C@@H](C)N[C@H]1CCO[C@@H]1c1nccn1C. The summed E-state index contributed by atoms with van der Waals surface area (Å²) in [4.78, 5) is 4.40. The van der Waals surface area contributed by atoms with Crippen molar-refractivity contribution in [2.45, 2.75) is 51.3 Å². The second kappa shape index (κ2) is 5.65. The number of nitrogens with zero attached hydrogens (tertiary/aromatic N) is 2. The van der Waals surface area contributed by atoms with Crippen LogP contribution < -0.4 is 5.32 Å². The molecule has 2 heterocycles. The van der Waals surface area contributed by atoms with E-state index in [1.807, 2.05) is 19.4 Å². The van der Waals surface area contributed by atoms with Gasteiger partial charge in [-0.3, -0.25) is 0 Å². The Hall–Kier alpha value is -0.870. The Morgan fingerprint density at radius 1 is 1.65 bits per heavy atom. The van der Waals surface area contributed by atoms with Crippen molar-refractivity contribution in [1.82, 2.24) is 14.9 Å². The first kappa shape index (κ1) is 12.6. The Balaban J connectivity index is 2.00. The molecule has 3 atom stereocenters. The van der Waals surface area contributed by atoms with Crippen LogP contribution in [0.25, 0.3) is 0 Å². The van der Waals surface area contributed by atoms with Crippen LogP contribution in [0.4, 0.5) is 0 Å². The van der Waals surface area contributed by atoms with E-state index < -0.39 is 0 Å². The number of hydrogen-bond donors (Lipinski definition) is 1. The third-order valence-electron chi connectivity index (χ3n) is 3.42. The summed E-state index contributed by atoms with van der Waals surface area (Å²) in [5.74, 6) is 1.03.